The second kappa shape index (κ2) is 7.46. The van der Waals surface area contributed by atoms with Crippen molar-refractivity contribution in [1.29, 1.82) is 0 Å². The second-order valence-electron chi connectivity index (χ2n) is 5.25. The van der Waals surface area contributed by atoms with Crippen LogP contribution in [0.1, 0.15) is 46.5 Å². The Labute approximate surface area is 103 Å². The molecule has 3 heteroatoms. The smallest absolute Gasteiger partial charge is 0.129 e. The Bertz CT molecular complexity index is 162. The van der Waals surface area contributed by atoms with E-state index < -0.39 is 8.24 Å². The van der Waals surface area contributed by atoms with Crippen molar-refractivity contribution < 1.29 is 0 Å². The maximum Gasteiger partial charge on any atom is 0.129 e. The van der Waals surface area contributed by atoms with E-state index in [1.54, 1.807) is 0 Å². The molecule has 96 valence electrons. The van der Waals surface area contributed by atoms with E-state index in [0.29, 0.717) is 0 Å². The maximum absolute atomic E-state index is 3.58. The van der Waals surface area contributed by atoms with Crippen LogP contribution in [0.3, 0.4) is 0 Å². The third kappa shape index (κ3) is 3.57. The summed E-state index contributed by atoms with van der Waals surface area (Å²) in [7, 11) is -1.12. The standard InChI is InChI=1S/C13H30N2Si/c1-4-10-16(11-5-2,12-6-3)15-9-7-8-14-13-15/h14H,4-13H2,1-3H3. The highest BCUT2D eigenvalue weighted by molar-refractivity contribution is 6.77. The summed E-state index contributed by atoms with van der Waals surface area (Å²) in [6, 6.07) is 4.53. The quantitative estimate of drug-likeness (QED) is 0.688. The maximum atomic E-state index is 3.58. The van der Waals surface area contributed by atoms with E-state index >= 15 is 0 Å². The lowest BCUT2D eigenvalue weighted by molar-refractivity contribution is 0.318. The van der Waals surface area contributed by atoms with Crippen LogP contribution in [0.25, 0.3) is 0 Å². The zero-order valence-corrected chi connectivity index (χ0v) is 12.5. The Morgan fingerprint density at radius 1 is 1.00 bits per heavy atom. The molecule has 1 heterocycles. The highest BCUT2D eigenvalue weighted by Crippen LogP contribution is 2.30. The van der Waals surface area contributed by atoms with Gasteiger partial charge in [-0.15, -0.1) is 0 Å². The van der Waals surface area contributed by atoms with Gasteiger partial charge in [0.2, 0.25) is 0 Å². The molecular formula is C13H30N2Si. The lowest BCUT2D eigenvalue weighted by Crippen LogP contribution is -2.59. The molecule has 0 atom stereocenters. The summed E-state index contributed by atoms with van der Waals surface area (Å²) < 4.78 is 2.87. The van der Waals surface area contributed by atoms with Gasteiger partial charge in [0.1, 0.15) is 8.24 Å². The normalized spacial score (nSPS) is 18.9. The van der Waals surface area contributed by atoms with Crippen molar-refractivity contribution in [2.75, 3.05) is 19.8 Å². The largest absolute Gasteiger partial charge is 0.311 e. The van der Waals surface area contributed by atoms with Gasteiger partial charge in [-0.1, -0.05) is 40.0 Å². The first-order chi connectivity index (χ1) is 7.79. The van der Waals surface area contributed by atoms with Crippen LogP contribution in [-0.2, 0) is 0 Å². The fourth-order valence-corrected chi connectivity index (χ4v) is 8.91. The van der Waals surface area contributed by atoms with Gasteiger partial charge in [-0.25, -0.2) is 0 Å². The van der Waals surface area contributed by atoms with Gasteiger partial charge in [-0.2, -0.15) is 0 Å². The first kappa shape index (κ1) is 14.2. The van der Waals surface area contributed by atoms with Crippen LogP contribution in [0.2, 0.25) is 18.1 Å². The molecule has 0 aromatic heterocycles. The van der Waals surface area contributed by atoms with Crippen molar-refractivity contribution >= 4 is 8.24 Å². The van der Waals surface area contributed by atoms with Crippen LogP contribution in [0.15, 0.2) is 0 Å². The van der Waals surface area contributed by atoms with Crippen LogP contribution in [0.4, 0.5) is 0 Å². The minimum atomic E-state index is -1.12. The Hall–Kier alpha value is 0.137. The Balaban J connectivity index is 2.70. The molecule has 1 rings (SSSR count). The fourth-order valence-electron chi connectivity index (χ4n) is 3.34. The summed E-state index contributed by atoms with van der Waals surface area (Å²) in [5.74, 6) is 0. The van der Waals surface area contributed by atoms with Gasteiger partial charge < -0.3 is 9.88 Å². The van der Waals surface area contributed by atoms with E-state index in [-0.39, 0.29) is 0 Å². The molecule has 0 aliphatic carbocycles. The summed E-state index contributed by atoms with van der Waals surface area (Å²) in [5.41, 5.74) is 0. The molecular weight excluding hydrogens is 212 g/mol. The van der Waals surface area contributed by atoms with Crippen LogP contribution in [-0.4, -0.2) is 32.6 Å². The number of nitrogens with zero attached hydrogens (tertiary/aromatic N) is 1. The van der Waals surface area contributed by atoms with E-state index in [2.05, 4.69) is 30.7 Å². The average Bonchev–Trinajstić information content (AvgIpc) is 2.31. The van der Waals surface area contributed by atoms with Crippen molar-refractivity contribution in [3.8, 4) is 0 Å². The lowest BCUT2D eigenvalue weighted by Gasteiger charge is -2.44. The van der Waals surface area contributed by atoms with Crippen molar-refractivity contribution in [1.82, 2.24) is 9.88 Å². The molecule has 0 aromatic carbocycles. The molecule has 1 fully saturated rings. The van der Waals surface area contributed by atoms with Crippen molar-refractivity contribution in [3.63, 3.8) is 0 Å². The van der Waals surface area contributed by atoms with E-state index in [1.807, 2.05) is 0 Å². The molecule has 1 aliphatic rings. The zero-order valence-electron chi connectivity index (χ0n) is 11.5. The molecule has 16 heavy (non-hydrogen) atoms. The number of hydrogen-bond acceptors (Lipinski definition) is 2. The van der Waals surface area contributed by atoms with Crippen LogP contribution in [0.5, 0.6) is 0 Å². The molecule has 0 bridgehead atoms. The number of nitrogens with one attached hydrogen (secondary N) is 1. The summed E-state index contributed by atoms with van der Waals surface area (Å²) in [4.78, 5) is 0. The Morgan fingerprint density at radius 3 is 1.94 bits per heavy atom. The predicted octanol–water partition coefficient (Wildman–Crippen LogP) is 3.41. The van der Waals surface area contributed by atoms with Gasteiger partial charge in [0.15, 0.2) is 0 Å². The second-order valence-corrected chi connectivity index (χ2v) is 9.83. The van der Waals surface area contributed by atoms with E-state index in [9.17, 15) is 0 Å². The van der Waals surface area contributed by atoms with Gasteiger partial charge in [0, 0.05) is 6.67 Å². The van der Waals surface area contributed by atoms with E-state index in [1.165, 1.54) is 63.6 Å². The van der Waals surface area contributed by atoms with Crippen LogP contribution in [0, 0.1) is 0 Å². The number of hydrogen-bond donors (Lipinski definition) is 1. The van der Waals surface area contributed by atoms with Crippen LogP contribution < -0.4 is 5.32 Å². The molecule has 1 aliphatic heterocycles. The zero-order chi connectivity index (χ0) is 11.9. The van der Waals surface area contributed by atoms with Gasteiger partial charge in [0.25, 0.3) is 0 Å². The third-order valence-corrected chi connectivity index (χ3v) is 9.92. The monoisotopic (exact) mass is 242 g/mol. The van der Waals surface area contributed by atoms with Crippen molar-refractivity contribution in [3.05, 3.63) is 0 Å². The third-order valence-electron chi connectivity index (χ3n) is 3.90. The van der Waals surface area contributed by atoms with Crippen molar-refractivity contribution in [2.45, 2.75) is 64.6 Å². The van der Waals surface area contributed by atoms with Crippen LogP contribution >= 0.6 is 0 Å². The first-order valence-corrected chi connectivity index (χ1v) is 9.81. The first-order valence-electron chi connectivity index (χ1n) is 7.25. The molecule has 0 saturated carbocycles. The van der Waals surface area contributed by atoms with Gasteiger partial charge >= 0.3 is 0 Å². The molecule has 1 saturated heterocycles. The predicted molar refractivity (Wildman–Crippen MR) is 75.2 cm³/mol. The number of rotatable bonds is 7. The van der Waals surface area contributed by atoms with E-state index in [4.69, 9.17) is 0 Å². The topological polar surface area (TPSA) is 15.3 Å². The van der Waals surface area contributed by atoms with Gasteiger partial charge in [0.05, 0.1) is 0 Å². The summed E-state index contributed by atoms with van der Waals surface area (Å²) in [6.45, 7) is 10.9. The molecule has 1 N–H and O–H groups in total. The van der Waals surface area contributed by atoms with Gasteiger partial charge in [-0.05, 0) is 37.6 Å². The van der Waals surface area contributed by atoms with Gasteiger partial charge in [-0.3, -0.25) is 0 Å². The summed E-state index contributed by atoms with van der Waals surface area (Å²) >= 11 is 0. The Kier molecular flexibility index (Phi) is 6.62. The molecule has 0 spiro atoms. The highest BCUT2D eigenvalue weighted by Gasteiger charge is 2.37. The molecule has 0 aromatic rings. The molecule has 0 unspecified atom stereocenters. The fraction of sp³-hybridized carbons (Fsp3) is 1.00. The minimum absolute atomic E-state index is 1.12. The van der Waals surface area contributed by atoms with E-state index in [0.717, 1.165) is 0 Å². The minimum Gasteiger partial charge on any atom is -0.311 e. The SMILES string of the molecule is CCC[Si](CCC)(CCC)N1CCCNC1. The summed E-state index contributed by atoms with van der Waals surface area (Å²) in [6.07, 6.45) is 5.49. The van der Waals surface area contributed by atoms with Crippen molar-refractivity contribution in [2.24, 2.45) is 0 Å². The lowest BCUT2D eigenvalue weighted by atomic mass is 10.4. The molecule has 2 nitrogen and oxygen atoms in total. The molecule has 0 amide bonds. The average molecular weight is 242 g/mol. The molecule has 0 radical (unpaired) electrons. The summed E-state index contributed by atoms with van der Waals surface area (Å²) in [5, 5.41) is 3.58. The Morgan fingerprint density at radius 2 is 1.56 bits per heavy atom. The highest BCUT2D eigenvalue weighted by atomic mass is 28.3.